The molecule has 0 spiro atoms. The predicted octanol–water partition coefficient (Wildman–Crippen LogP) is 3.01. The minimum absolute atomic E-state index is 0.161. The number of phenolic OH excluding ortho intramolecular Hbond substituents is 1. The third-order valence-electron chi connectivity index (χ3n) is 3.75. The molecule has 2 unspecified atom stereocenters. The number of ether oxygens (including phenoxy) is 1. The van der Waals surface area contributed by atoms with E-state index in [9.17, 15) is 5.11 Å². The third-order valence-corrected chi connectivity index (χ3v) is 3.75. The summed E-state index contributed by atoms with van der Waals surface area (Å²) >= 11 is 0. The number of rotatable bonds is 4. The smallest absolute Gasteiger partial charge is 0.115 e. The van der Waals surface area contributed by atoms with Gasteiger partial charge in [0.05, 0.1) is 6.10 Å². The molecule has 1 saturated carbocycles. The molecule has 0 heterocycles. The zero-order valence-electron chi connectivity index (χ0n) is 10.7. The molecule has 2 N–H and O–H groups in total. The van der Waals surface area contributed by atoms with Gasteiger partial charge in [0.1, 0.15) is 5.75 Å². The van der Waals surface area contributed by atoms with Gasteiger partial charge in [-0.15, -0.1) is 0 Å². The number of anilines is 1. The molecule has 17 heavy (non-hydrogen) atoms. The molecule has 0 saturated heterocycles. The van der Waals surface area contributed by atoms with Gasteiger partial charge in [-0.3, -0.25) is 0 Å². The van der Waals surface area contributed by atoms with Crippen LogP contribution in [0.2, 0.25) is 0 Å². The molecule has 1 aromatic rings. The molecule has 0 amide bonds. The first-order chi connectivity index (χ1) is 8.04. The molecule has 1 aromatic carbocycles. The Bertz CT molecular complexity index is 372. The number of benzene rings is 1. The standard InChI is InChI=1S/C14H21NO2/c1-4-17-13-9-12(14(13,2)3)15-10-5-7-11(16)8-6-10/h5-8,12-13,15-16H,4,9H2,1-3H3. The molecule has 2 atom stereocenters. The topological polar surface area (TPSA) is 41.5 Å². The van der Waals surface area contributed by atoms with E-state index in [1.807, 2.05) is 19.1 Å². The minimum atomic E-state index is 0.161. The van der Waals surface area contributed by atoms with Crippen LogP contribution in [0, 0.1) is 5.41 Å². The summed E-state index contributed by atoms with van der Waals surface area (Å²) in [6, 6.07) is 7.64. The van der Waals surface area contributed by atoms with E-state index < -0.39 is 0 Å². The summed E-state index contributed by atoms with van der Waals surface area (Å²) in [5, 5.41) is 12.7. The summed E-state index contributed by atoms with van der Waals surface area (Å²) in [5.74, 6) is 0.301. The summed E-state index contributed by atoms with van der Waals surface area (Å²) in [5.41, 5.74) is 1.21. The molecule has 0 aliphatic heterocycles. The highest BCUT2D eigenvalue weighted by Gasteiger charge is 2.48. The number of phenols is 1. The van der Waals surface area contributed by atoms with E-state index >= 15 is 0 Å². The van der Waals surface area contributed by atoms with Crippen LogP contribution in [0.4, 0.5) is 5.69 Å². The second-order valence-electron chi connectivity index (χ2n) is 5.24. The van der Waals surface area contributed by atoms with Crippen LogP contribution in [0.5, 0.6) is 5.75 Å². The van der Waals surface area contributed by atoms with Gasteiger partial charge in [0.2, 0.25) is 0 Å². The van der Waals surface area contributed by atoms with E-state index in [1.165, 1.54) is 0 Å². The van der Waals surface area contributed by atoms with E-state index in [0.717, 1.165) is 18.7 Å². The van der Waals surface area contributed by atoms with Crippen LogP contribution in [0.1, 0.15) is 27.2 Å². The van der Waals surface area contributed by atoms with Crippen LogP contribution < -0.4 is 5.32 Å². The zero-order chi connectivity index (χ0) is 12.5. The second-order valence-corrected chi connectivity index (χ2v) is 5.24. The monoisotopic (exact) mass is 235 g/mol. The molecule has 0 radical (unpaired) electrons. The van der Waals surface area contributed by atoms with Gasteiger partial charge in [0.15, 0.2) is 0 Å². The molecule has 1 aliphatic carbocycles. The lowest BCUT2D eigenvalue weighted by Crippen LogP contribution is -2.58. The second kappa shape index (κ2) is 4.57. The molecule has 1 aliphatic rings. The minimum Gasteiger partial charge on any atom is -0.508 e. The lowest BCUT2D eigenvalue weighted by atomic mass is 9.64. The third kappa shape index (κ3) is 2.39. The van der Waals surface area contributed by atoms with Gasteiger partial charge in [0, 0.05) is 23.8 Å². The van der Waals surface area contributed by atoms with E-state index in [4.69, 9.17) is 4.74 Å². The van der Waals surface area contributed by atoms with Crippen molar-refractivity contribution in [1.82, 2.24) is 0 Å². The fourth-order valence-electron chi connectivity index (χ4n) is 2.37. The zero-order valence-corrected chi connectivity index (χ0v) is 10.7. The Hall–Kier alpha value is -1.22. The van der Waals surface area contributed by atoms with E-state index in [1.54, 1.807) is 12.1 Å². The van der Waals surface area contributed by atoms with Gasteiger partial charge in [0.25, 0.3) is 0 Å². The fraction of sp³-hybridized carbons (Fsp3) is 0.571. The van der Waals surface area contributed by atoms with Gasteiger partial charge in [-0.2, -0.15) is 0 Å². The highest BCUT2D eigenvalue weighted by molar-refractivity contribution is 5.47. The van der Waals surface area contributed by atoms with Crippen molar-refractivity contribution in [2.45, 2.75) is 39.3 Å². The van der Waals surface area contributed by atoms with Crippen LogP contribution in [-0.2, 0) is 4.74 Å². The maximum atomic E-state index is 9.23. The summed E-state index contributed by atoms with van der Waals surface area (Å²) < 4.78 is 5.70. The molecular weight excluding hydrogens is 214 g/mol. The van der Waals surface area contributed by atoms with Gasteiger partial charge >= 0.3 is 0 Å². The van der Waals surface area contributed by atoms with Crippen molar-refractivity contribution in [2.75, 3.05) is 11.9 Å². The highest BCUT2D eigenvalue weighted by Crippen LogP contribution is 2.44. The Morgan fingerprint density at radius 2 is 2.00 bits per heavy atom. The molecule has 0 aromatic heterocycles. The van der Waals surface area contributed by atoms with Crippen LogP contribution >= 0.6 is 0 Å². The first-order valence-electron chi connectivity index (χ1n) is 6.21. The Morgan fingerprint density at radius 3 is 2.53 bits per heavy atom. The first-order valence-corrected chi connectivity index (χ1v) is 6.21. The van der Waals surface area contributed by atoms with E-state index in [-0.39, 0.29) is 5.41 Å². The highest BCUT2D eigenvalue weighted by atomic mass is 16.5. The predicted molar refractivity (Wildman–Crippen MR) is 69.3 cm³/mol. The molecule has 94 valence electrons. The quantitative estimate of drug-likeness (QED) is 0.788. The van der Waals surface area contributed by atoms with Gasteiger partial charge < -0.3 is 15.2 Å². The maximum absolute atomic E-state index is 9.23. The van der Waals surface area contributed by atoms with Crippen molar-refractivity contribution in [2.24, 2.45) is 5.41 Å². The summed E-state index contributed by atoms with van der Waals surface area (Å²) in [4.78, 5) is 0. The molecular formula is C14H21NO2. The van der Waals surface area contributed by atoms with Gasteiger partial charge in [-0.05, 0) is 37.6 Å². The van der Waals surface area contributed by atoms with E-state index in [0.29, 0.717) is 17.9 Å². The Labute approximate surface area is 103 Å². The largest absolute Gasteiger partial charge is 0.508 e. The maximum Gasteiger partial charge on any atom is 0.115 e. The van der Waals surface area contributed by atoms with Crippen molar-refractivity contribution in [3.05, 3.63) is 24.3 Å². The summed E-state index contributed by atoms with van der Waals surface area (Å²) in [6.45, 7) is 7.28. The molecule has 1 fully saturated rings. The fourth-order valence-corrected chi connectivity index (χ4v) is 2.37. The van der Waals surface area contributed by atoms with Gasteiger partial charge in [-0.25, -0.2) is 0 Å². The average molecular weight is 235 g/mol. The van der Waals surface area contributed by atoms with Gasteiger partial charge in [-0.1, -0.05) is 13.8 Å². The lowest BCUT2D eigenvalue weighted by Gasteiger charge is -2.52. The lowest BCUT2D eigenvalue weighted by molar-refractivity contribution is -0.0975. The van der Waals surface area contributed by atoms with Crippen LogP contribution in [0.15, 0.2) is 24.3 Å². The van der Waals surface area contributed by atoms with Crippen molar-refractivity contribution in [3.8, 4) is 5.75 Å². The normalized spacial score (nSPS) is 26.3. The van der Waals surface area contributed by atoms with Crippen LogP contribution in [-0.4, -0.2) is 23.9 Å². The number of nitrogens with one attached hydrogen (secondary N) is 1. The van der Waals surface area contributed by atoms with Crippen molar-refractivity contribution in [1.29, 1.82) is 0 Å². The van der Waals surface area contributed by atoms with Crippen LogP contribution in [0.25, 0.3) is 0 Å². The van der Waals surface area contributed by atoms with Crippen molar-refractivity contribution < 1.29 is 9.84 Å². The average Bonchev–Trinajstić information content (AvgIpc) is 2.30. The number of hydrogen-bond donors (Lipinski definition) is 2. The molecule has 3 heteroatoms. The summed E-state index contributed by atoms with van der Waals surface area (Å²) in [6.07, 6.45) is 1.39. The SMILES string of the molecule is CCOC1CC(Nc2ccc(O)cc2)C1(C)C. The number of aromatic hydroxyl groups is 1. The van der Waals surface area contributed by atoms with Crippen molar-refractivity contribution in [3.63, 3.8) is 0 Å². The Balaban J connectivity index is 1.95. The Kier molecular flexibility index (Phi) is 3.29. The Morgan fingerprint density at radius 1 is 1.35 bits per heavy atom. The first kappa shape index (κ1) is 12.2. The van der Waals surface area contributed by atoms with Crippen LogP contribution in [0.3, 0.4) is 0 Å². The molecule has 2 rings (SSSR count). The summed E-state index contributed by atoms with van der Waals surface area (Å²) in [7, 11) is 0. The molecule has 3 nitrogen and oxygen atoms in total. The van der Waals surface area contributed by atoms with Crippen molar-refractivity contribution >= 4 is 5.69 Å². The molecule has 0 bridgehead atoms. The number of hydrogen-bond acceptors (Lipinski definition) is 3. The van der Waals surface area contributed by atoms with E-state index in [2.05, 4.69) is 19.2 Å².